The van der Waals surface area contributed by atoms with Gasteiger partial charge in [-0.25, -0.2) is 0 Å². The summed E-state index contributed by atoms with van der Waals surface area (Å²) in [7, 11) is 5.39. The number of hydrogen-bond donors (Lipinski definition) is 0. The third kappa shape index (κ3) is 39.7. The Morgan fingerprint density at radius 3 is 1.36 bits per heavy atom. The predicted octanol–water partition coefficient (Wildman–Crippen LogP) is 11.6. The van der Waals surface area contributed by atoms with Gasteiger partial charge in [-0.15, -0.1) is 0 Å². The van der Waals surface area contributed by atoms with E-state index in [-0.39, 0.29) is 42.7 Å². The van der Waals surface area contributed by atoms with Gasteiger partial charge < -0.3 is 28.6 Å². The third-order valence-corrected chi connectivity index (χ3v) is 9.78. The van der Waals surface area contributed by atoms with E-state index in [4.69, 9.17) is 14.2 Å². The van der Waals surface area contributed by atoms with Crippen molar-refractivity contribution in [2.45, 2.75) is 180 Å². The number of esters is 2. The number of carbonyl (C=O) groups is 3. The molecule has 0 saturated carbocycles. The van der Waals surface area contributed by atoms with Crippen LogP contribution in [0, 0.1) is 0 Å². The molecule has 0 aromatic rings. The quantitative estimate of drug-likeness (QED) is 0.0262. The second-order valence-corrected chi connectivity index (χ2v) is 16.2. The second-order valence-electron chi connectivity index (χ2n) is 16.2. The van der Waals surface area contributed by atoms with Crippen LogP contribution in [0.4, 0.5) is 0 Å². The third-order valence-electron chi connectivity index (χ3n) is 9.78. The molecule has 59 heavy (non-hydrogen) atoms. The molecule has 0 fully saturated rings. The maximum Gasteiger partial charge on any atom is 0.306 e. The van der Waals surface area contributed by atoms with Crippen LogP contribution in [0.1, 0.15) is 168 Å². The molecule has 8 nitrogen and oxygen atoms in total. The van der Waals surface area contributed by atoms with Gasteiger partial charge in [0.25, 0.3) is 0 Å². The number of carboxylic acid groups (broad SMARTS) is 1. The van der Waals surface area contributed by atoms with E-state index < -0.39 is 18.1 Å². The molecule has 0 aliphatic carbocycles. The lowest BCUT2D eigenvalue weighted by Crippen LogP contribution is -2.55. The van der Waals surface area contributed by atoms with Gasteiger partial charge in [0.1, 0.15) is 12.6 Å². The van der Waals surface area contributed by atoms with Crippen molar-refractivity contribution in [2.75, 3.05) is 41.0 Å². The summed E-state index contributed by atoms with van der Waals surface area (Å²) in [5, 5.41) is 11.6. The Kier molecular flexibility index (Phi) is 38.8. The maximum atomic E-state index is 12.7. The average Bonchev–Trinajstić information content (AvgIpc) is 3.19. The molecule has 0 heterocycles. The average molecular weight is 824 g/mol. The summed E-state index contributed by atoms with van der Waals surface area (Å²) in [6.07, 6.45) is 53.3. The van der Waals surface area contributed by atoms with Crippen molar-refractivity contribution in [3.63, 3.8) is 0 Å². The van der Waals surface area contributed by atoms with E-state index in [2.05, 4.69) is 98.9 Å². The summed E-state index contributed by atoms with van der Waals surface area (Å²) in [6, 6.07) is -0.736. The first kappa shape index (κ1) is 55.5. The van der Waals surface area contributed by atoms with Gasteiger partial charge in [0.2, 0.25) is 0 Å². The van der Waals surface area contributed by atoms with Crippen molar-refractivity contribution in [1.29, 1.82) is 0 Å². The lowest BCUT2D eigenvalue weighted by Gasteiger charge is -2.34. The molecule has 0 saturated heterocycles. The molecule has 2 atom stereocenters. The molecular weight excluding hydrogens is 739 g/mol. The van der Waals surface area contributed by atoms with Crippen molar-refractivity contribution in [1.82, 2.24) is 0 Å². The highest BCUT2D eigenvalue weighted by Gasteiger charge is 2.25. The van der Waals surface area contributed by atoms with Crippen LogP contribution in [0.2, 0.25) is 0 Å². The van der Waals surface area contributed by atoms with Crippen LogP contribution < -0.4 is 5.11 Å². The zero-order valence-corrected chi connectivity index (χ0v) is 38.1. The fourth-order valence-electron chi connectivity index (χ4n) is 6.25. The van der Waals surface area contributed by atoms with Crippen molar-refractivity contribution in [3.8, 4) is 0 Å². The minimum absolute atomic E-state index is 0.0223. The van der Waals surface area contributed by atoms with Crippen LogP contribution in [-0.4, -0.2) is 75.5 Å². The van der Waals surface area contributed by atoms with Crippen molar-refractivity contribution < 1.29 is 38.2 Å². The Morgan fingerprint density at radius 1 is 0.508 bits per heavy atom. The monoisotopic (exact) mass is 824 g/mol. The molecule has 0 rings (SSSR count). The highest BCUT2D eigenvalue weighted by Crippen LogP contribution is 2.14. The first-order valence-electron chi connectivity index (χ1n) is 23.1. The molecule has 2 unspecified atom stereocenters. The minimum atomic E-state index is -1.13. The molecule has 336 valence electrons. The standard InChI is InChI=1S/C51H85NO7/c1-6-8-10-12-14-16-18-20-21-22-23-24-25-26-27-28-29-30-32-34-36-38-40-42-50(54)59-47(45-57-44-43-48(51(55)56)52(3,4)5)46-58-49(53)41-39-37-35-33-31-19-17-15-13-11-9-7-2/h8-11,14-17,20-21,23-24,31,33,47-48H,6-7,12-13,18-19,22,25-30,32,34-46H2,1-5H3/b10-8+,11-9+,16-14+,17-15+,21-20+,24-23+,33-31+. The minimum Gasteiger partial charge on any atom is -0.544 e. The van der Waals surface area contributed by atoms with Gasteiger partial charge in [0.05, 0.1) is 40.3 Å². The zero-order valence-electron chi connectivity index (χ0n) is 38.1. The fraction of sp³-hybridized carbons (Fsp3) is 0.667. The molecule has 0 aromatic carbocycles. The topological polar surface area (TPSA) is 102 Å². The van der Waals surface area contributed by atoms with Crippen molar-refractivity contribution >= 4 is 17.9 Å². The lowest BCUT2D eigenvalue weighted by atomic mass is 10.0. The number of nitrogens with zero attached hydrogens (tertiary/aromatic N) is 1. The summed E-state index contributed by atoms with van der Waals surface area (Å²) < 4.78 is 17.1. The molecule has 0 aliphatic heterocycles. The SMILES string of the molecule is CC/C=C/C/C=C/C/C=C/C/C=C/CCCCCCCCCCCCC(=O)OC(COCCC(C(=O)[O-])[N+](C)(C)C)COC(=O)CCCC/C=C/C/C=C/C/C=C/CC. The van der Waals surface area contributed by atoms with Gasteiger partial charge in [-0.1, -0.05) is 150 Å². The van der Waals surface area contributed by atoms with E-state index in [1.54, 1.807) is 21.1 Å². The maximum absolute atomic E-state index is 12.7. The normalized spacial score (nSPS) is 13.7. The number of unbranched alkanes of at least 4 members (excludes halogenated alkanes) is 12. The summed E-state index contributed by atoms with van der Waals surface area (Å²) in [5.74, 6) is -1.80. The zero-order chi connectivity index (χ0) is 43.5. The second kappa shape index (κ2) is 41.3. The Bertz CT molecular complexity index is 1240. The molecular formula is C51H85NO7. The van der Waals surface area contributed by atoms with Crippen LogP contribution in [-0.2, 0) is 28.6 Å². The first-order valence-corrected chi connectivity index (χ1v) is 23.1. The Balaban J connectivity index is 4.30. The van der Waals surface area contributed by atoms with Crippen molar-refractivity contribution in [3.05, 3.63) is 85.1 Å². The van der Waals surface area contributed by atoms with Crippen LogP contribution in [0.25, 0.3) is 0 Å². The van der Waals surface area contributed by atoms with Crippen LogP contribution >= 0.6 is 0 Å². The number of allylic oxidation sites excluding steroid dienone is 14. The van der Waals surface area contributed by atoms with Crippen LogP contribution in [0.15, 0.2) is 85.1 Å². The summed E-state index contributed by atoms with van der Waals surface area (Å²) in [4.78, 5) is 36.9. The van der Waals surface area contributed by atoms with Crippen LogP contribution in [0.5, 0.6) is 0 Å². The van der Waals surface area contributed by atoms with Gasteiger partial charge in [-0.2, -0.15) is 0 Å². The number of likely N-dealkylation sites (N-methyl/N-ethyl adjacent to an activating group) is 1. The van der Waals surface area contributed by atoms with E-state index in [9.17, 15) is 19.5 Å². The highest BCUT2D eigenvalue weighted by atomic mass is 16.6. The number of carboxylic acids is 1. The molecule has 0 radical (unpaired) electrons. The van der Waals surface area contributed by atoms with E-state index in [0.717, 1.165) is 83.5 Å². The van der Waals surface area contributed by atoms with Gasteiger partial charge in [0.15, 0.2) is 6.10 Å². The summed E-state index contributed by atoms with van der Waals surface area (Å²) >= 11 is 0. The largest absolute Gasteiger partial charge is 0.544 e. The molecule has 0 aliphatic rings. The molecule has 8 heteroatoms. The number of ether oxygens (including phenoxy) is 3. The van der Waals surface area contributed by atoms with Gasteiger partial charge >= 0.3 is 11.9 Å². The lowest BCUT2D eigenvalue weighted by molar-refractivity contribution is -0.889. The molecule has 0 bridgehead atoms. The Morgan fingerprint density at radius 2 is 0.898 bits per heavy atom. The number of quaternary nitrogens is 1. The number of hydrogen-bond acceptors (Lipinski definition) is 7. The number of carbonyl (C=O) groups excluding carboxylic acids is 3. The highest BCUT2D eigenvalue weighted by molar-refractivity contribution is 5.70. The van der Waals surface area contributed by atoms with Gasteiger partial charge in [0, 0.05) is 19.3 Å². The summed E-state index contributed by atoms with van der Waals surface area (Å²) in [6.45, 7) is 4.37. The fourth-order valence-corrected chi connectivity index (χ4v) is 6.25. The summed E-state index contributed by atoms with van der Waals surface area (Å²) in [5.41, 5.74) is 0. The van der Waals surface area contributed by atoms with Gasteiger partial charge in [-0.3, -0.25) is 9.59 Å². The van der Waals surface area contributed by atoms with E-state index in [1.165, 1.54) is 44.9 Å². The Hall–Kier alpha value is -3.49. The molecule has 0 aromatic heterocycles. The van der Waals surface area contributed by atoms with Crippen molar-refractivity contribution in [2.24, 2.45) is 0 Å². The predicted molar refractivity (Wildman–Crippen MR) is 245 cm³/mol. The molecule has 0 N–H and O–H groups in total. The van der Waals surface area contributed by atoms with Gasteiger partial charge in [-0.05, 0) is 83.5 Å². The first-order chi connectivity index (χ1) is 28.6. The number of rotatable bonds is 40. The van der Waals surface area contributed by atoms with E-state index in [0.29, 0.717) is 19.3 Å². The smallest absolute Gasteiger partial charge is 0.306 e. The van der Waals surface area contributed by atoms with E-state index in [1.807, 2.05) is 0 Å². The van der Waals surface area contributed by atoms with E-state index >= 15 is 0 Å². The Labute approximate surface area is 361 Å². The van der Waals surface area contributed by atoms with Crippen LogP contribution in [0.3, 0.4) is 0 Å². The molecule has 0 spiro atoms. The number of aliphatic carboxylic acids is 1. The molecule has 0 amide bonds.